The van der Waals surface area contributed by atoms with Crippen LogP contribution in [0.4, 0.5) is 0 Å². The minimum absolute atomic E-state index is 0. The standard InChI is InChI=1S/C21H44O4S.K/c1-3-5-6-7-8-11-14-17-20(22)18-15-12-9-10-13-16-19-21(4-2)26(23,24)25;/h20-22H,3-19H2,1-2H3,(H,23,24,25);/q;+1/p-1. The van der Waals surface area contributed by atoms with Gasteiger partial charge in [-0.05, 0) is 25.7 Å². The molecule has 0 saturated heterocycles. The first-order valence-corrected chi connectivity index (χ1v) is 12.5. The molecule has 2 unspecified atom stereocenters. The van der Waals surface area contributed by atoms with Crippen LogP contribution in [0.5, 0.6) is 0 Å². The molecule has 0 spiro atoms. The van der Waals surface area contributed by atoms with Gasteiger partial charge in [-0.15, -0.1) is 0 Å². The topological polar surface area (TPSA) is 77.4 Å². The minimum atomic E-state index is -4.12. The molecule has 6 heteroatoms. The van der Waals surface area contributed by atoms with Crippen molar-refractivity contribution >= 4 is 10.1 Å². The van der Waals surface area contributed by atoms with Crippen molar-refractivity contribution < 1.29 is 69.5 Å². The molecular weight excluding hydrogens is 387 g/mol. The van der Waals surface area contributed by atoms with Crippen molar-refractivity contribution in [2.24, 2.45) is 0 Å². The third-order valence-electron chi connectivity index (χ3n) is 5.32. The second-order valence-corrected chi connectivity index (χ2v) is 9.44. The first-order chi connectivity index (χ1) is 12.4. The van der Waals surface area contributed by atoms with E-state index in [1.807, 2.05) is 0 Å². The Bertz CT molecular complexity index is 401. The van der Waals surface area contributed by atoms with Gasteiger partial charge in [0.2, 0.25) is 0 Å². The van der Waals surface area contributed by atoms with E-state index >= 15 is 0 Å². The minimum Gasteiger partial charge on any atom is -0.748 e. The fraction of sp³-hybridized carbons (Fsp3) is 1.00. The molecule has 0 aromatic rings. The number of aliphatic hydroxyl groups is 1. The van der Waals surface area contributed by atoms with Gasteiger partial charge in [0.25, 0.3) is 0 Å². The third-order valence-corrected chi connectivity index (χ3v) is 6.70. The maximum Gasteiger partial charge on any atom is 1.00 e. The van der Waals surface area contributed by atoms with Crippen LogP contribution in [0.15, 0.2) is 0 Å². The second kappa shape index (κ2) is 20.8. The summed E-state index contributed by atoms with van der Waals surface area (Å²) in [6.45, 7) is 4.00. The van der Waals surface area contributed by atoms with E-state index in [4.69, 9.17) is 0 Å². The van der Waals surface area contributed by atoms with Gasteiger partial charge in [-0.1, -0.05) is 97.3 Å². The van der Waals surface area contributed by atoms with Crippen molar-refractivity contribution in [3.8, 4) is 0 Å². The second-order valence-electron chi connectivity index (χ2n) is 7.79. The Labute approximate surface area is 211 Å². The van der Waals surface area contributed by atoms with E-state index in [9.17, 15) is 18.1 Å². The fourth-order valence-corrected chi connectivity index (χ4v) is 4.36. The molecule has 0 amide bonds. The fourth-order valence-electron chi connectivity index (χ4n) is 3.49. The molecule has 0 heterocycles. The Morgan fingerprint density at radius 1 is 0.704 bits per heavy atom. The van der Waals surface area contributed by atoms with Crippen molar-refractivity contribution in [1.29, 1.82) is 0 Å². The first kappa shape index (κ1) is 30.7. The summed E-state index contributed by atoms with van der Waals surface area (Å²) in [7, 11) is -4.12. The van der Waals surface area contributed by atoms with Crippen LogP contribution in [0.1, 0.15) is 123 Å². The zero-order valence-corrected chi connectivity index (χ0v) is 22.2. The van der Waals surface area contributed by atoms with Crippen molar-refractivity contribution in [3.05, 3.63) is 0 Å². The third kappa shape index (κ3) is 20.6. The molecule has 0 saturated carbocycles. The number of hydrogen-bond acceptors (Lipinski definition) is 4. The monoisotopic (exact) mass is 430 g/mol. The molecule has 27 heavy (non-hydrogen) atoms. The first-order valence-electron chi connectivity index (χ1n) is 11.0. The van der Waals surface area contributed by atoms with Gasteiger partial charge in [-0.25, -0.2) is 8.42 Å². The van der Waals surface area contributed by atoms with Crippen LogP contribution in [-0.2, 0) is 10.1 Å². The van der Waals surface area contributed by atoms with E-state index in [2.05, 4.69) is 6.92 Å². The van der Waals surface area contributed by atoms with E-state index in [-0.39, 0.29) is 57.5 Å². The van der Waals surface area contributed by atoms with Gasteiger partial charge in [0.1, 0.15) is 0 Å². The molecule has 2 atom stereocenters. The van der Waals surface area contributed by atoms with Gasteiger partial charge in [0.05, 0.1) is 16.2 Å². The van der Waals surface area contributed by atoms with E-state index in [1.165, 1.54) is 38.5 Å². The smallest absolute Gasteiger partial charge is 0.748 e. The number of rotatable bonds is 19. The molecular formula is C21H43KO4S. The Balaban J connectivity index is 0. The summed E-state index contributed by atoms with van der Waals surface area (Å²) in [6, 6.07) is 0. The maximum atomic E-state index is 11.0. The summed E-state index contributed by atoms with van der Waals surface area (Å²) in [6.07, 6.45) is 17.9. The molecule has 0 aliphatic rings. The van der Waals surface area contributed by atoms with E-state index in [0.29, 0.717) is 12.8 Å². The molecule has 4 nitrogen and oxygen atoms in total. The Kier molecular flexibility index (Phi) is 23.6. The summed E-state index contributed by atoms with van der Waals surface area (Å²) in [5.74, 6) is 0. The molecule has 0 aliphatic carbocycles. The van der Waals surface area contributed by atoms with Crippen molar-refractivity contribution in [1.82, 2.24) is 0 Å². The molecule has 0 radical (unpaired) electrons. The molecule has 0 bridgehead atoms. The normalized spacial score (nSPS) is 13.9. The summed E-state index contributed by atoms with van der Waals surface area (Å²) in [5.41, 5.74) is 0. The zero-order chi connectivity index (χ0) is 19.7. The molecule has 0 fully saturated rings. The predicted molar refractivity (Wildman–Crippen MR) is 109 cm³/mol. The van der Waals surface area contributed by atoms with Crippen molar-refractivity contribution in [3.63, 3.8) is 0 Å². The van der Waals surface area contributed by atoms with E-state index in [0.717, 1.165) is 57.8 Å². The van der Waals surface area contributed by atoms with Crippen LogP contribution in [0.2, 0.25) is 0 Å². The largest absolute Gasteiger partial charge is 1.00 e. The molecule has 0 aromatic heterocycles. The molecule has 158 valence electrons. The zero-order valence-electron chi connectivity index (χ0n) is 18.3. The Morgan fingerprint density at radius 3 is 1.44 bits per heavy atom. The summed E-state index contributed by atoms with van der Waals surface area (Å²) >= 11 is 0. The van der Waals surface area contributed by atoms with Crippen LogP contribution in [0, 0.1) is 0 Å². The van der Waals surface area contributed by atoms with Crippen molar-refractivity contribution in [2.75, 3.05) is 0 Å². The number of hydrogen-bond donors (Lipinski definition) is 1. The van der Waals surface area contributed by atoms with Crippen molar-refractivity contribution in [2.45, 2.75) is 134 Å². The number of aliphatic hydroxyl groups excluding tert-OH is 1. The average Bonchev–Trinajstić information content (AvgIpc) is 2.58. The van der Waals surface area contributed by atoms with Crippen LogP contribution in [0.25, 0.3) is 0 Å². The number of unbranched alkanes of at least 4 members (excludes halogenated alkanes) is 11. The van der Waals surface area contributed by atoms with Gasteiger partial charge in [0, 0.05) is 5.25 Å². The van der Waals surface area contributed by atoms with E-state index in [1.54, 1.807) is 6.92 Å². The average molecular weight is 431 g/mol. The summed E-state index contributed by atoms with van der Waals surface area (Å²) in [5, 5.41) is 9.30. The van der Waals surface area contributed by atoms with Crippen LogP contribution < -0.4 is 51.4 Å². The van der Waals surface area contributed by atoms with Crippen LogP contribution in [0.3, 0.4) is 0 Å². The quantitative estimate of drug-likeness (QED) is 0.194. The molecule has 1 N–H and O–H groups in total. The Morgan fingerprint density at radius 2 is 1.07 bits per heavy atom. The SMILES string of the molecule is CCCCCCCCCC(O)CCCCCCCCC(CC)S(=O)(=O)[O-].[K+]. The molecule has 0 rings (SSSR count). The van der Waals surface area contributed by atoms with Crippen LogP contribution in [-0.4, -0.2) is 29.4 Å². The van der Waals surface area contributed by atoms with E-state index < -0.39 is 15.4 Å². The Hall–Kier alpha value is 1.51. The summed E-state index contributed by atoms with van der Waals surface area (Å²) < 4.78 is 33.0. The van der Waals surface area contributed by atoms with Crippen LogP contribution >= 0.6 is 0 Å². The van der Waals surface area contributed by atoms with Gasteiger partial charge in [-0.3, -0.25) is 0 Å². The molecule has 0 aromatic carbocycles. The predicted octanol–water partition coefficient (Wildman–Crippen LogP) is 2.94. The van der Waals surface area contributed by atoms with Gasteiger partial charge in [0.15, 0.2) is 0 Å². The van der Waals surface area contributed by atoms with Gasteiger partial charge in [-0.2, -0.15) is 0 Å². The maximum absolute atomic E-state index is 11.0. The van der Waals surface area contributed by atoms with Gasteiger partial charge < -0.3 is 9.66 Å². The molecule has 0 aliphatic heterocycles. The summed E-state index contributed by atoms with van der Waals surface area (Å²) in [4.78, 5) is 0. The van der Waals surface area contributed by atoms with Gasteiger partial charge >= 0.3 is 51.4 Å².